The minimum Gasteiger partial charge on any atom is -0.494 e. The highest BCUT2D eigenvalue weighted by atomic mass is 16.5. The van der Waals surface area contributed by atoms with Gasteiger partial charge in [0.2, 0.25) is 0 Å². The first kappa shape index (κ1) is 16.8. The Hall–Kier alpha value is -3.08. The lowest BCUT2D eigenvalue weighted by Gasteiger charge is -2.08. The number of hydrogen-bond acceptors (Lipinski definition) is 3. The van der Waals surface area contributed by atoms with Gasteiger partial charge < -0.3 is 14.6 Å². The van der Waals surface area contributed by atoms with Crippen LogP contribution in [-0.2, 0) is 6.54 Å². The van der Waals surface area contributed by atoms with Crippen LogP contribution in [-0.4, -0.2) is 22.1 Å². The van der Waals surface area contributed by atoms with Crippen molar-refractivity contribution in [1.29, 1.82) is 0 Å². The molecule has 0 spiro atoms. The van der Waals surface area contributed by atoms with E-state index in [2.05, 4.69) is 17.2 Å². The van der Waals surface area contributed by atoms with Gasteiger partial charge in [-0.05, 0) is 48.4 Å². The van der Waals surface area contributed by atoms with Crippen molar-refractivity contribution in [2.24, 2.45) is 0 Å². The van der Waals surface area contributed by atoms with Crippen LogP contribution in [0.2, 0.25) is 0 Å². The van der Waals surface area contributed by atoms with E-state index in [4.69, 9.17) is 4.74 Å². The molecular weight excluding hydrogens is 314 g/mol. The number of carbonyl (C=O) groups excluding carboxylic acids is 1. The molecule has 0 aliphatic rings. The Morgan fingerprint density at radius 1 is 1.12 bits per heavy atom. The zero-order valence-electron chi connectivity index (χ0n) is 14.2. The van der Waals surface area contributed by atoms with E-state index < -0.39 is 0 Å². The minimum absolute atomic E-state index is 0.0965. The number of imidazole rings is 1. The third-order valence-corrected chi connectivity index (χ3v) is 3.78. The molecule has 0 aliphatic heterocycles. The molecule has 128 valence electrons. The minimum atomic E-state index is -0.0965. The molecule has 0 saturated carbocycles. The molecule has 3 aromatic rings. The monoisotopic (exact) mass is 335 g/mol. The molecular formula is C20H21N3O2. The molecule has 3 rings (SSSR count). The number of benzene rings is 2. The van der Waals surface area contributed by atoms with Crippen LogP contribution in [0.3, 0.4) is 0 Å². The predicted octanol–water partition coefficient (Wildman–Crippen LogP) is 3.59. The Balaban J connectivity index is 1.55. The molecule has 0 radical (unpaired) electrons. The van der Waals surface area contributed by atoms with E-state index in [1.165, 1.54) is 0 Å². The van der Waals surface area contributed by atoms with Crippen molar-refractivity contribution in [2.75, 3.05) is 6.61 Å². The van der Waals surface area contributed by atoms with Crippen molar-refractivity contribution in [2.45, 2.75) is 19.9 Å². The number of aromatic nitrogens is 2. The molecule has 0 bridgehead atoms. The molecule has 2 aromatic carbocycles. The normalized spacial score (nSPS) is 10.4. The standard InChI is InChI=1S/C20H21N3O2/c1-2-13-25-19-9-5-17(6-10-19)20(24)22-14-16-3-7-18(8-4-16)23-12-11-21-15-23/h3-12,15H,2,13-14H2,1H3,(H,22,24). The lowest BCUT2D eigenvalue weighted by Crippen LogP contribution is -2.22. The van der Waals surface area contributed by atoms with Gasteiger partial charge in [-0.2, -0.15) is 0 Å². The fourth-order valence-corrected chi connectivity index (χ4v) is 2.40. The molecule has 1 heterocycles. The van der Waals surface area contributed by atoms with E-state index in [1.807, 2.05) is 47.2 Å². The van der Waals surface area contributed by atoms with Gasteiger partial charge in [0, 0.05) is 30.2 Å². The van der Waals surface area contributed by atoms with E-state index in [0.717, 1.165) is 23.4 Å². The van der Waals surface area contributed by atoms with Crippen LogP contribution in [0.5, 0.6) is 5.75 Å². The number of hydrogen-bond donors (Lipinski definition) is 1. The Kier molecular flexibility index (Phi) is 5.46. The summed E-state index contributed by atoms with van der Waals surface area (Å²) in [4.78, 5) is 16.3. The van der Waals surface area contributed by atoms with Gasteiger partial charge in [0.1, 0.15) is 5.75 Å². The van der Waals surface area contributed by atoms with Crippen molar-refractivity contribution in [3.8, 4) is 11.4 Å². The molecule has 0 saturated heterocycles. The van der Waals surface area contributed by atoms with E-state index in [0.29, 0.717) is 18.7 Å². The van der Waals surface area contributed by atoms with E-state index in [-0.39, 0.29) is 5.91 Å². The number of nitrogens with one attached hydrogen (secondary N) is 1. The summed E-state index contributed by atoms with van der Waals surface area (Å²) < 4.78 is 7.46. The first-order valence-corrected chi connectivity index (χ1v) is 8.34. The lowest BCUT2D eigenvalue weighted by molar-refractivity contribution is 0.0951. The summed E-state index contributed by atoms with van der Waals surface area (Å²) in [6.45, 7) is 3.22. The molecule has 1 amide bonds. The van der Waals surface area contributed by atoms with E-state index in [1.54, 1.807) is 24.7 Å². The summed E-state index contributed by atoms with van der Waals surface area (Å²) in [7, 11) is 0. The van der Waals surface area contributed by atoms with Crippen molar-refractivity contribution >= 4 is 5.91 Å². The number of ether oxygens (including phenoxy) is 1. The van der Waals surface area contributed by atoms with Gasteiger partial charge >= 0.3 is 0 Å². The molecule has 25 heavy (non-hydrogen) atoms. The summed E-state index contributed by atoms with van der Waals surface area (Å²) in [5.74, 6) is 0.689. The Morgan fingerprint density at radius 3 is 2.52 bits per heavy atom. The topological polar surface area (TPSA) is 56.1 Å². The second-order valence-electron chi connectivity index (χ2n) is 5.69. The first-order chi connectivity index (χ1) is 12.3. The van der Waals surface area contributed by atoms with Crippen molar-refractivity contribution < 1.29 is 9.53 Å². The summed E-state index contributed by atoms with van der Waals surface area (Å²) in [6.07, 6.45) is 6.35. The van der Waals surface area contributed by atoms with Crippen LogP contribution in [0.1, 0.15) is 29.3 Å². The smallest absolute Gasteiger partial charge is 0.251 e. The van der Waals surface area contributed by atoms with Crippen LogP contribution >= 0.6 is 0 Å². The molecule has 0 aliphatic carbocycles. The Bertz CT molecular complexity index is 794. The highest BCUT2D eigenvalue weighted by molar-refractivity contribution is 5.94. The van der Waals surface area contributed by atoms with Crippen LogP contribution in [0.15, 0.2) is 67.3 Å². The summed E-state index contributed by atoms with van der Waals surface area (Å²) in [5, 5.41) is 2.93. The largest absolute Gasteiger partial charge is 0.494 e. The van der Waals surface area contributed by atoms with Gasteiger partial charge in [-0.15, -0.1) is 0 Å². The summed E-state index contributed by atoms with van der Waals surface area (Å²) >= 11 is 0. The van der Waals surface area contributed by atoms with Gasteiger partial charge in [0.15, 0.2) is 0 Å². The van der Waals surface area contributed by atoms with Crippen molar-refractivity contribution in [1.82, 2.24) is 14.9 Å². The quantitative estimate of drug-likeness (QED) is 0.718. The second kappa shape index (κ2) is 8.15. The fraction of sp³-hybridized carbons (Fsp3) is 0.200. The Morgan fingerprint density at radius 2 is 1.88 bits per heavy atom. The molecule has 1 aromatic heterocycles. The van der Waals surface area contributed by atoms with Gasteiger partial charge in [-0.3, -0.25) is 4.79 Å². The molecule has 1 N–H and O–H groups in total. The van der Waals surface area contributed by atoms with E-state index in [9.17, 15) is 4.79 Å². The number of carbonyl (C=O) groups is 1. The first-order valence-electron chi connectivity index (χ1n) is 8.34. The lowest BCUT2D eigenvalue weighted by atomic mass is 10.1. The average molecular weight is 335 g/mol. The highest BCUT2D eigenvalue weighted by Gasteiger charge is 2.06. The summed E-state index contributed by atoms with van der Waals surface area (Å²) in [5.41, 5.74) is 2.70. The van der Waals surface area contributed by atoms with Crippen LogP contribution < -0.4 is 10.1 Å². The molecule has 0 unspecified atom stereocenters. The maximum Gasteiger partial charge on any atom is 0.251 e. The third-order valence-electron chi connectivity index (χ3n) is 3.78. The maximum absolute atomic E-state index is 12.2. The van der Waals surface area contributed by atoms with E-state index >= 15 is 0 Å². The zero-order chi connectivity index (χ0) is 17.5. The zero-order valence-corrected chi connectivity index (χ0v) is 14.2. The highest BCUT2D eigenvalue weighted by Crippen LogP contribution is 2.13. The summed E-state index contributed by atoms with van der Waals surface area (Å²) in [6, 6.07) is 15.2. The van der Waals surface area contributed by atoms with Gasteiger partial charge in [-0.1, -0.05) is 19.1 Å². The molecule has 0 fully saturated rings. The van der Waals surface area contributed by atoms with Crippen LogP contribution in [0, 0.1) is 0 Å². The van der Waals surface area contributed by atoms with Crippen molar-refractivity contribution in [3.05, 3.63) is 78.4 Å². The van der Waals surface area contributed by atoms with Crippen LogP contribution in [0.25, 0.3) is 5.69 Å². The Labute approximate surface area is 147 Å². The molecule has 5 nitrogen and oxygen atoms in total. The second-order valence-corrected chi connectivity index (χ2v) is 5.69. The number of rotatable bonds is 7. The SMILES string of the molecule is CCCOc1ccc(C(=O)NCc2ccc(-n3ccnc3)cc2)cc1. The van der Waals surface area contributed by atoms with Crippen LogP contribution in [0.4, 0.5) is 0 Å². The fourth-order valence-electron chi connectivity index (χ4n) is 2.40. The van der Waals surface area contributed by atoms with Crippen molar-refractivity contribution in [3.63, 3.8) is 0 Å². The number of amides is 1. The maximum atomic E-state index is 12.2. The van der Waals surface area contributed by atoms with Gasteiger partial charge in [0.25, 0.3) is 5.91 Å². The van der Waals surface area contributed by atoms with Gasteiger partial charge in [-0.25, -0.2) is 4.98 Å². The van der Waals surface area contributed by atoms with Gasteiger partial charge in [0.05, 0.1) is 12.9 Å². The average Bonchev–Trinajstić information content (AvgIpc) is 3.20. The molecule has 5 heteroatoms. The predicted molar refractivity (Wildman–Crippen MR) is 97.0 cm³/mol. The third kappa shape index (κ3) is 4.47. The number of nitrogens with zero attached hydrogens (tertiary/aromatic N) is 2. The molecule has 0 atom stereocenters.